The number of nitrogens with one attached hydrogen (secondary N) is 1. The Hall–Kier alpha value is -1.06. The molecule has 6 heteroatoms. The molecule has 0 fully saturated rings. The Kier molecular flexibility index (Phi) is 2.68. The molecule has 12 heavy (non-hydrogen) atoms. The minimum atomic E-state index is -0.219. The average Bonchev–Trinajstić information content (AvgIpc) is 2.30. The van der Waals surface area contributed by atoms with Gasteiger partial charge in [0.2, 0.25) is 5.91 Å². The van der Waals surface area contributed by atoms with Gasteiger partial charge in [0.05, 0.1) is 0 Å². The molecule has 0 aliphatic carbocycles. The third-order valence-corrected chi connectivity index (χ3v) is 2.30. The number of anilines is 1. The number of aromatic nitrogens is 1. The van der Waals surface area contributed by atoms with Gasteiger partial charge in [-0.2, -0.15) is 9.64 Å². The van der Waals surface area contributed by atoms with E-state index < -0.39 is 0 Å². The van der Waals surface area contributed by atoms with Gasteiger partial charge in [-0.1, -0.05) is 0 Å². The van der Waals surface area contributed by atoms with E-state index in [0.29, 0.717) is 15.6 Å². The molecule has 0 radical (unpaired) electrons. The van der Waals surface area contributed by atoms with Gasteiger partial charge in [0.1, 0.15) is 21.7 Å². The highest BCUT2D eigenvalue weighted by Gasteiger charge is 2.10. The Morgan fingerprint density at radius 2 is 2.50 bits per heavy atom. The lowest BCUT2D eigenvalue weighted by atomic mass is 10.4. The van der Waals surface area contributed by atoms with Crippen LogP contribution in [0.1, 0.15) is 12.5 Å². The lowest BCUT2D eigenvalue weighted by Gasteiger charge is -1.94. The van der Waals surface area contributed by atoms with E-state index in [-0.39, 0.29) is 5.91 Å². The molecule has 4 nitrogen and oxygen atoms in total. The number of amides is 1. The average molecular weight is 199 g/mol. The van der Waals surface area contributed by atoms with E-state index in [9.17, 15) is 4.79 Å². The summed E-state index contributed by atoms with van der Waals surface area (Å²) in [5.74, 6) is -0.219. The van der Waals surface area contributed by atoms with Gasteiger partial charge in [0, 0.05) is 6.92 Å². The van der Waals surface area contributed by atoms with Crippen LogP contribution in [0, 0.1) is 11.3 Å². The second kappa shape index (κ2) is 3.56. The van der Waals surface area contributed by atoms with Crippen LogP contribution in [0.25, 0.3) is 0 Å². The highest BCUT2D eigenvalue weighted by molar-refractivity contribution is 7.80. The zero-order valence-corrected chi connectivity index (χ0v) is 7.87. The molecule has 0 aromatic carbocycles. The molecule has 62 valence electrons. The van der Waals surface area contributed by atoms with Crippen molar-refractivity contribution in [2.24, 2.45) is 0 Å². The van der Waals surface area contributed by atoms with Gasteiger partial charge in [0.25, 0.3) is 0 Å². The molecule has 0 aliphatic heterocycles. The van der Waals surface area contributed by atoms with Crippen LogP contribution in [0.4, 0.5) is 5.00 Å². The number of hydrogen-bond donors (Lipinski definition) is 2. The fourth-order valence-electron chi connectivity index (χ4n) is 0.628. The second-order valence-electron chi connectivity index (χ2n) is 2.00. The van der Waals surface area contributed by atoms with Crippen molar-refractivity contribution in [2.45, 2.75) is 11.9 Å². The maximum absolute atomic E-state index is 10.6. The van der Waals surface area contributed by atoms with Crippen molar-refractivity contribution in [1.82, 2.24) is 4.37 Å². The molecule has 1 N–H and O–H groups in total. The van der Waals surface area contributed by atoms with Crippen LogP contribution in [-0.4, -0.2) is 10.3 Å². The maximum atomic E-state index is 10.6. The molecular formula is C6H5N3OS2. The Morgan fingerprint density at radius 1 is 1.83 bits per heavy atom. The number of thiol groups is 1. The summed E-state index contributed by atoms with van der Waals surface area (Å²) in [6.45, 7) is 1.37. The van der Waals surface area contributed by atoms with Crippen LogP contribution < -0.4 is 5.32 Å². The lowest BCUT2D eigenvalue weighted by Crippen LogP contribution is -2.05. The first-order valence-corrected chi connectivity index (χ1v) is 4.23. The zero-order valence-electron chi connectivity index (χ0n) is 6.16. The monoisotopic (exact) mass is 199 g/mol. The highest BCUT2D eigenvalue weighted by atomic mass is 32.1. The Bertz CT molecular complexity index is 352. The third-order valence-electron chi connectivity index (χ3n) is 1.08. The lowest BCUT2D eigenvalue weighted by molar-refractivity contribution is -0.114. The normalized spacial score (nSPS) is 9.08. The van der Waals surface area contributed by atoms with Gasteiger partial charge in [-0.25, -0.2) is 0 Å². The third kappa shape index (κ3) is 1.75. The van der Waals surface area contributed by atoms with Crippen LogP contribution in [0.15, 0.2) is 5.03 Å². The van der Waals surface area contributed by atoms with Crippen LogP contribution in [0.2, 0.25) is 0 Å². The van der Waals surface area contributed by atoms with Gasteiger partial charge >= 0.3 is 0 Å². The smallest absolute Gasteiger partial charge is 0.221 e. The number of carbonyl (C=O) groups excluding carboxylic acids is 1. The molecule has 0 saturated carbocycles. The quantitative estimate of drug-likeness (QED) is 0.669. The van der Waals surface area contributed by atoms with Crippen LogP contribution in [-0.2, 0) is 4.79 Å². The fourth-order valence-corrected chi connectivity index (χ4v) is 1.68. The number of carbonyl (C=O) groups is 1. The first-order chi connectivity index (χ1) is 5.65. The summed E-state index contributed by atoms with van der Waals surface area (Å²) in [5.41, 5.74) is 0.318. The predicted octanol–water partition coefficient (Wildman–Crippen LogP) is 1.26. The largest absolute Gasteiger partial charge is 0.316 e. The summed E-state index contributed by atoms with van der Waals surface area (Å²) in [5, 5.41) is 11.9. The Balaban J connectivity index is 3.01. The van der Waals surface area contributed by atoms with Crippen molar-refractivity contribution in [3.8, 4) is 6.07 Å². The zero-order chi connectivity index (χ0) is 9.14. The summed E-state index contributed by atoms with van der Waals surface area (Å²) in [6, 6.07) is 1.91. The van der Waals surface area contributed by atoms with Gasteiger partial charge in [-0.15, -0.1) is 12.6 Å². The molecule has 1 aromatic heterocycles. The van der Waals surface area contributed by atoms with E-state index in [4.69, 9.17) is 5.26 Å². The molecule has 0 spiro atoms. The molecule has 1 rings (SSSR count). The Morgan fingerprint density at radius 3 is 3.00 bits per heavy atom. The topological polar surface area (TPSA) is 65.8 Å². The van der Waals surface area contributed by atoms with Crippen LogP contribution in [0.5, 0.6) is 0 Å². The van der Waals surface area contributed by atoms with Crippen molar-refractivity contribution in [1.29, 1.82) is 5.26 Å². The predicted molar refractivity (Wildman–Crippen MR) is 48.4 cm³/mol. The van der Waals surface area contributed by atoms with Crippen molar-refractivity contribution >= 4 is 35.1 Å². The maximum Gasteiger partial charge on any atom is 0.221 e. The van der Waals surface area contributed by atoms with Crippen molar-refractivity contribution in [3.05, 3.63) is 5.56 Å². The first kappa shape index (κ1) is 9.03. The molecular weight excluding hydrogens is 194 g/mol. The number of nitriles is 1. The molecule has 1 aromatic rings. The summed E-state index contributed by atoms with van der Waals surface area (Å²) in [6.07, 6.45) is 0. The highest BCUT2D eigenvalue weighted by Crippen LogP contribution is 2.25. The number of rotatable bonds is 1. The van der Waals surface area contributed by atoms with E-state index >= 15 is 0 Å². The van der Waals surface area contributed by atoms with Gasteiger partial charge in [0.15, 0.2) is 0 Å². The molecule has 0 saturated heterocycles. The van der Waals surface area contributed by atoms with Gasteiger partial charge in [-0.3, -0.25) is 4.79 Å². The molecule has 1 amide bonds. The molecule has 0 atom stereocenters. The van der Waals surface area contributed by atoms with E-state index in [1.807, 2.05) is 6.07 Å². The first-order valence-electron chi connectivity index (χ1n) is 3.01. The Labute approximate surface area is 78.8 Å². The minimum Gasteiger partial charge on any atom is -0.316 e. The number of hydrogen-bond acceptors (Lipinski definition) is 5. The minimum absolute atomic E-state index is 0.219. The standard InChI is InChI=1S/C6H5N3OS2/c1-3(10)8-6-4(2-7)5(11)9-12-6/h1H3,(H,8,10)(H,9,11). The van der Waals surface area contributed by atoms with E-state index in [0.717, 1.165) is 11.5 Å². The summed E-state index contributed by atoms with van der Waals surface area (Å²) >= 11 is 4.99. The van der Waals surface area contributed by atoms with Gasteiger partial charge < -0.3 is 5.32 Å². The van der Waals surface area contributed by atoms with E-state index in [1.54, 1.807) is 0 Å². The molecule has 0 unspecified atom stereocenters. The van der Waals surface area contributed by atoms with E-state index in [1.165, 1.54) is 6.92 Å². The van der Waals surface area contributed by atoms with Gasteiger partial charge in [-0.05, 0) is 11.5 Å². The molecule has 0 bridgehead atoms. The number of nitrogens with zero attached hydrogens (tertiary/aromatic N) is 2. The van der Waals surface area contributed by atoms with Crippen LogP contribution >= 0.6 is 24.2 Å². The second-order valence-corrected chi connectivity index (χ2v) is 3.20. The summed E-state index contributed by atoms with van der Waals surface area (Å²) in [7, 11) is 0. The molecule has 0 aliphatic rings. The van der Waals surface area contributed by atoms with E-state index in [2.05, 4.69) is 22.3 Å². The van der Waals surface area contributed by atoms with Crippen molar-refractivity contribution in [3.63, 3.8) is 0 Å². The fraction of sp³-hybridized carbons (Fsp3) is 0.167. The SMILES string of the molecule is CC(=O)Nc1snc(S)c1C#N. The van der Waals surface area contributed by atoms with Crippen LogP contribution in [0.3, 0.4) is 0 Å². The van der Waals surface area contributed by atoms with Crippen molar-refractivity contribution < 1.29 is 4.79 Å². The summed E-state index contributed by atoms with van der Waals surface area (Å²) < 4.78 is 3.81. The summed E-state index contributed by atoms with van der Waals surface area (Å²) in [4.78, 5) is 10.6. The van der Waals surface area contributed by atoms with Crippen molar-refractivity contribution in [2.75, 3.05) is 5.32 Å². The molecule has 1 heterocycles.